The van der Waals surface area contributed by atoms with Gasteiger partial charge in [-0.25, -0.2) is 0 Å². The Morgan fingerprint density at radius 3 is 2.80 bits per heavy atom. The highest BCUT2D eigenvalue weighted by Gasteiger charge is 2.36. The van der Waals surface area contributed by atoms with Gasteiger partial charge in [0.2, 0.25) is 5.91 Å². The van der Waals surface area contributed by atoms with E-state index in [1.54, 1.807) is 47.4 Å². The molecule has 1 aromatic carbocycles. The second kappa shape index (κ2) is 7.34. The number of nitrogens with zero attached hydrogens (tertiary/aromatic N) is 3. The average Bonchev–Trinajstić information content (AvgIpc) is 3.11. The van der Waals surface area contributed by atoms with Crippen molar-refractivity contribution < 1.29 is 14.7 Å². The predicted octanol–water partition coefficient (Wildman–Crippen LogP) is 2.05. The number of amides is 2. The molecule has 1 unspecified atom stereocenters. The van der Waals surface area contributed by atoms with Gasteiger partial charge in [-0.2, -0.15) is 0 Å². The molecule has 130 valence electrons. The lowest BCUT2D eigenvalue weighted by molar-refractivity contribution is -0.134. The fourth-order valence-electron chi connectivity index (χ4n) is 3.17. The molecule has 6 heteroatoms. The van der Waals surface area contributed by atoms with Gasteiger partial charge in [-0.05, 0) is 36.6 Å². The number of hydrogen-bond acceptors (Lipinski definition) is 4. The molecule has 0 bridgehead atoms. The van der Waals surface area contributed by atoms with Crippen molar-refractivity contribution in [3.8, 4) is 5.75 Å². The smallest absolute Gasteiger partial charge is 0.258 e. The Balaban J connectivity index is 1.73. The van der Waals surface area contributed by atoms with Gasteiger partial charge >= 0.3 is 0 Å². The van der Waals surface area contributed by atoms with Crippen LogP contribution < -0.4 is 0 Å². The zero-order chi connectivity index (χ0) is 17.8. The summed E-state index contributed by atoms with van der Waals surface area (Å²) in [6, 6.07) is 9.68. The number of carbonyl (C=O) groups excluding carboxylic acids is 2. The first-order chi connectivity index (χ1) is 12.1. The van der Waals surface area contributed by atoms with Crippen LogP contribution in [0, 0.1) is 0 Å². The van der Waals surface area contributed by atoms with Gasteiger partial charge in [-0.3, -0.25) is 14.6 Å². The molecule has 0 spiro atoms. The van der Waals surface area contributed by atoms with Gasteiger partial charge in [0.05, 0.1) is 5.56 Å². The number of likely N-dealkylation sites (N-methyl/N-ethyl adjacent to an activating group) is 1. The fraction of sp³-hybridized carbons (Fsp3) is 0.316. The van der Waals surface area contributed by atoms with E-state index in [0.29, 0.717) is 19.5 Å². The summed E-state index contributed by atoms with van der Waals surface area (Å²) < 4.78 is 0. The van der Waals surface area contributed by atoms with Crippen LogP contribution in [0.15, 0.2) is 48.8 Å². The van der Waals surface area contributed by atoms with Crippen LogP contribution in [0.2, 0.25) is 0 Å². The summed E-state index contributed by atoms with van der Waals surface area (Å²) in [7, 11) is 1.73. The van der Waals surface area contributed by atoms with Crippen LogP contribution in [-0.4, -0.2) is 51.3 Å². The standard InChI is InChI=1S/C19H21N3O3/c1-21(13-14-6-4-10-20-12-14)19(25)16-8-5-11-22(16)18(24)15-7-2-3-9-17(15)23/h2-4,6-7,9-10,12,16,23H,5,8,11,13H2,1H3. The minimum Gasteiger partial charge on any atom is -0.507 e. The molecule has 1 fully saturated rings. The quantitative estimate of drug-likeness (QED) is 0.925. The first-order valence-corrected chi connectivity index (χ1v) is 8.31. The van der Waals surface area contributed by atoms with Gasteiger partial charge in [0, 0.05) is 32.5 Å². The van der Waals surface area contributed by atoms with Crippen molar-refractivity contribution in [2.24, 2.45) is 0 Å². The maximum Gasteiger partial charge on any atom is 0.258 e. The average molecular weight is 339 g/mol. The van der Waals surface area contributed by atoms with Crippen LogP contribution in [-0.2, 0) is 11.3 Å². The van der Waals surface area contributed by atoms with Crippen molar-refractivity contribution in [3.05, 3.63) is 59.9 Å². The minimum atomic E-state index is -0.492. The monoisotopic (exact) mass is 339 g/mol. The van der Waals surface area contributed by atoms with E-state index in [-0.39, 0.29) is 23.1 Å². The molecule has 1 atom stereocenters. The lowest BCUT2D eigenvalue weighted by Crippen LogP contribution is -2.46. The molecule has 25 heavy (non-hydrogen) atoms. The molecule has 0 saturated carbocycles. The molecule has 3 rings (SSSR count). The number of rotatable bonds is 4. The molecule has 6 nitrogen and oxygen atoms in total. The van der Waals surface area contributed by atoms with Crippen molar-refractivity contribution in [1.29, 1.82) is 0 Å². The molecule has 0 radical (unpaired) electrons. The largest absolute Gasteiger partial charge is 0.507 e. The van der Waals surface area contributed by atoms with Crippen molar-refractivity contribution in [2.45, 2.75) is 25.4 Å². The second-order valence-electron chi connectivity index (χ2n) is 6.23. The zero-order valence-corrected chi connectivity index (χ0v) is 14.1. The molecule has 1 aliphatic heterocycles. The molecule has 1 N–H and O–H groups in total. The summed E-state index contributed by atoms with van der Waals surface area (Å²) in [6.07, 6.45) is 4.82. The normalized spacial score (nSPS) is 16.7. The Hall–Kier alpha value is -2.89. The van der Waals surface area contributed by atoms with Crippen LogP contribution in [0.3, 0.4) is 0 Å². The van der Waals surface area contributed by atoms with Gasteiger partial charge in [-0.1, -0.05) is 18.2 Å². The predicted molar refractivity (Wildman–Crippen MR) is 92.9 cm³/mol. The van der Waals surface area contributed by atoms with Crippen LogP contribution >= 0.6 is 0 Å². The van der Waals surface area contributed by atoms with Gasteiger partial charge in [-0.15, -0.1) is 0 Å². The minimum absolute atomic E-state index is 0.0608. The Morgan fingerprint density at radius 2 is 2.08 bits per heavy atom. The number of hydrogen-bond donors (Lipinski definition) is 1. The molecule has 0 aliphatic carbocycles. The molecule has 2 aromatic rings. The van der Waals surface area contributed by atoms with Gasteiger partial charge < -0.3 is 14.9 Å². The highest BCUT2D eigenvalue weighted by Crippen LogP contribution is 2.25. The third-order valence-corrected chi connectivity index (χ3v) is 4.45. The summed E-state index contributed by atoms with van der Waals surface area (Å²) in [6.45, 7) is 0.964. The zero-order valence-electron chi connectivity index (χ0n) is 14.1. The lowest BCUT2D eigenvalue weighted by atomic mass is 10.1. The molecular formula is C19H21N3O3. The highest BCUT2D eigenvalue weighted by atomic mass is 16.3. The van der Waals surface area contributed by atoms with E-state index in [4.69, 9.17) is 0 Å². The molecule has 1 aliphatic rings. The van der Waals surface area contributed by atoms with E-state index in [1.807, 2.05) is 12.1 Å². The van der Waals surface area contributed by atoms with Crippen LogP contribution in [0.1, 0.15) is 28.8 Å². The molecular weight excluding hydrogens is 318 g/mol. The number of phenols is 1. The number of aromatic nitrogens is 1. The van der Waals surface area contributed by atoms with E-state index < -0.39 is 6.04 Å². The Bertz CT molecular complexity index is 764. The van der Waals surface area contributed by atoms with E-state index in [9.17, 15) is 14.7 Å². The van der Waals surface area contributed by atoms with Crippen LogP contribution in [0.25, 0.3) is 0 Å². The number of aromatic hydroxyl groups is 1. The maximum absolute atomic E-state index is 12.8. The van der Waals surface area contributed by atoms with E-state index in [0.717, 1.165) is 12.0 Å². The van der Waals surface area contributed by atoms with Crippen LogP contribution in [0.4, 0.5) is 0 Å². The Morgan fingerprint density at radius 1 is 1.28 bits per heavy atom. The third-order valence-electron chi connectivity index (χ3n) is 4.45. The van der Waals surface area contributed by atoms with Crippen LogP contribution in [0.5, 0.6) is 5.75 Å². The van der Waals surface area contributed by atoms with Crippen molar-refractivity contribution in [3.63, 3.8) is 0 Å². The number of benzene rings is 1. The number of phenolic OH excluding ortho intramolecular Hbond substituents is 1. The topological polar surface area (TPSA) is 73.7 Å². The van der Waals surface area contributed by atoms with Gasteiger partial charge in [0.25, 0.3) is 5.91 Å². The summed E-state index contributed by atoms with van der Waals surface area (Å²) in [5.74, 6) is -0.455. The van der Waals surface area contributed by atoms with E-state index in [2.05, 4.69) is 4.98 Å². The summed E-state index contributed by atoms with van der Waals surface area (Å²) in [4.78, 5) is 32.8. The number of likely N-dealkylation sites (tertiary alicyclic amines) is 1. The summed E-state index contributed by atoms with van der Waals surface area (Å²) in [5.41, 5.74) is 1.17. The third kappa shape index (κ3) is 3.63. The molecule has 2 amide bonds. The lowest BCUT2D eigenvalue weighted by Gasteiger charge is -2.28. The molecule has 1 aromatic heterocycles. The van der Waals surface area contributed by atoms with E-state index >= 15 is 0 Å². The van der Waals surface area contributed by atoms with E-state index in [1.165, 1.54) is 6.07 Å². The van der Waals surface area contributed by atoms with Gasteiger partial charge in [0.1, 0.15) is 11.8 Å². The first-order valence-electron chi connectivity index (χ1n) is 8.31. The van der Waals surface area contributed by atoms with Crippen molar-refractivity contribution >= 4 is 11.8 Å². The molecule has 2 heterocycles. The summed E-state index contributed by atoms with van der Waals surface area (Å²) >= 11 is 0. The molecule has 1 saturated heterocycles. The number of pyridine rings is 1. The number of carbonyl (C=O) groups is 2. The second-order valence-corrected chi connectivity index (χ2v) is 6.23. The Kier molecular flexibility index (Phi) is 4.97. The highest BCUT2D eigenvalue weighted by molar-refractivity contribution is 5.99. The number of para-hydroxylation sites is 1. The Labute approximate surface area is 146 Å². The first kappa shape index (κ1) is 17.0. The maximum atomic E-state index is 12.8. The summed E-state index contributed by atoms with van der Waals surface area (Å²) in [5, 5.41) is 9.92. The fourth-order valence-corrected chi connectivity index (χ4v) is 3.17. The van der Waals surface area contributed by atoms with Crippen molar-refractivity contribution in [2.75, 3.05) is 13.6 Å². The van der Waals surface area contributed by atoms with Gasteiger partial charge in [0.15, 0.2) is 0 Å². The van der Waals surface area contributed by atoms with Crippen molar-refractivity contribution in [1.82, 2.24) is 14.8 Å². The SMILES string of the molecule is CN(Cc1cccnc1)C(=O)C1CCCN1C(=O)c1ccccc1O.